The zero-order chi connectivity index (χ0) is 71.8. The molecule has 12 atom stereocenters. The molecule has 0 radical (unpaired) electrons. The molecule has 6 unspecified atom stereocenters. The standard InChI is InChI=1S/C52H68O7Si2.C31H38O7/c1-36-32-37(2)47(50(54)55-30-31-60(9,10)11)44(33-36)43-34-40(43)35-46-48(58-52(7,8)57-46)45(56-49(53)39-23-15-12-16-24-39)29-21-22-38(3)59-61(51(4,5)6,41-25-17-13-18-26-41)42-27-19-14-20-28-42;1-18-14-19(2)27(29(33)34)24(15-18)23-16-22(23)17-26-28(38-31(4,5)37-26)25(13-9-10-20(3)32)36-30(35)21-11-7-6-8-12-21/h12-21,23-29,32-33,38,40,43,45-46,48H,22,30-31,34-35H2,1-11H3;6-9,11-15,20,22-23,25-26,28,32H,10,16-17H2,1-5H3,(H,33,34)/b29-21-;13-9-/t38-,40?,43?,45?,46-,48+;20-,22?,23?,25?,26-,28+/m00/s1. The predicted molar refractivity (Wildman–Crippen MR) is 394 cm³/mol. The summed E-state index contributed by atoms with van der Waals surface area (Å²) >= 11 is 0. The van der Waals surface area contributed by atoms with Gasteiger partial charge in [-0.2, -0.15) is 0 Å². The molecule has 14 nitrogen and oxygen atoms in total. The zero-order valence-corrected chi connectivity index (χ0v) is 63.0. The van der Waals surface area contributed by atoms with E-state index < -0.39 is 76.4 Å². The van der Waals surface area contributed by atoms with Crippen molar-refractivity contribution in [2.45, 2.75) is 231 Å². The number of benzene rings is 6. The van der Waals surface area contributed by atoms with Crippen LogP contribution >= 0.6 is 0 Å². The fourth-order valence-corrected chi connectivity index (χ4v) is 19.9. The lowest BCUT2D eigenvalue weighted by atomic mass is 9.93. The highest BCUT2D eigenvalue weighted by Crippen LogP contribution is 2.55. The van der Waals surface area contributed by atoms with Crippen molar-refractivity contribution < 1.29 is 67.0 Å². The van der Waals surface area contributed by atoms with E-state index in [1.54, 1.807) is 55.5 Å². The number of aliphatic hydroxyl groups excluding tert-OH is 1. The first kappa shape index (κ1) is 76.1. The van der Waals surface area contributed by atoms with Crippen LogP contribution in [0, 0.1) is 39.5 Å². The third-order valence-corrected chi connectivity index (χ3v) is 26.1. The number of rotatable bonds is 27. The molecule has 99 heavy (non-hydrogen) atoms. The van der Waals surface area contributed by atoms with Crippen LogP contribution in [-0.4, -0.2) is 117 Å². The van der Waals surface area contributed by atoms with E-state index in [1.807, 2.05) is 90.9 Å². The van der Waals surface area contributed by atoms with Gasteiger partial charge in [-0.05, 0) is 212 Å². The molecule has 2 saturated carbocycles. The van der Waals surface area contributed by atoms with Crippen molar-refractivity contribution in [3.63, 3.8) is 0 Å². The van der Waals surface area contributed by atoms with Gasteiger partial charge >= 0.3 is 23.9 Å². The minimum Gasteiger partial charge on any atom is -0.478 e. The summed E-state index contributed by atoms with van der Waals surface area (Å²) in [5.41, 5.74) is 7.81. The van der Waals surface area contributed by atoms with Crippen LogP contribution in [0.5, 0.6) is 0 Å². The average molecular weight is 1380 g/mol. The minimum absolute atomic E-state index is 0.128. The van der Waals surface area contributed by atoms with Gasteiger partial charge in [0.25, 0.3) is 8.32 Å². The fraction of sp³-hybridized carbons (Fsp3) is 0.470. The van der Waals surface area contributed by atoms with E-state index in [2.05, 4.69) is 133 Å². The predicted octanol–water partition coefficient (Wildman–Crippen LogP) is 16.5. The highest BCUT2D eigenvalue weighted by molar-refractivity contribution is 6.99. The Morgan fingerprint density at radius 2 is 0.980 bits per heavy atom. The van der Waals surface area contributed by atoms with E-state index >= 15 is 0 Å². The van der Waals surface area contributed by atoms with Crippen molar-refractivity contribution in [3.05, 3.63) is 226 Å². The molecule has 16 heteroatoms. The second-order valence-corrected chi connectivity index (χ2v) is 40.9. The molecule has 2 aliphatic heterocycles. The van der Waals surface area contributed by atoms with Gasteiger partial charge in [-0.25, -0.2) is 19.2 Å². The summed E-state index contributed by atoms with van der Waals surface area (Å²) in [5, 5.41) is 21.9. The molecule has 2 N–H and O–H groups in total. The molecule has 2 aliphatic carbocycles. The van der Waals surface area contributed by atoms with Crippen LogP contribution in [0.25, 0.3) is 0 Å². The van der Waals surface area contributed by atoms with E-state index in [4.69, 9.17) is 37.6 Å². The summed E-state index contributed by atoms with van der Waals surface area (Å²) in [7, 11) is -4.15. The lowest BCUT2D eigenvalue weighted by molar-refractivity contribution is -0.153. The summed E-state index contributed by atoms with van der Waals surface area (Å²) in [6.45, 7) is 33.4. The molecule has 0 aromatic heterocycles. The molecule has 0 amide bonds. The smallest absolute Gasteiger partial charge is 0.338 e. The van der Waals surface area contributed by atoms with E-state index in [0.717, 1.165) is 52.3 Å². The number of carbonyl (C=O) groups excluding carboxylic acids is 3. The van der Waals surface area contributed by atoms with Gasteiger partial charge in [0.15, 0.2) is 11.6 Å². The molecule has 0 spiro atoms. The Bertz CT molecular complexity index is 3740. The average Bonchev–Trinajstić information content (AvgIpc) is 1.66. The van der Waals surface area contributed by atoms with E-state index in [9.17, 15) is 29.4 Å². The van der Waals surface area contributed by atoms with Crippen LogP contribution in [-0.2, 0) is 37.6 Å². The Labute approximate surface area is 590 Å². The maximum atomic E-state index is 13.7. The molecular formula is C83H106O14Si2. The second kappa shape index (κ2) is 32.2. The van der Waals surface area contributed by atoms with Gasteiger partial charge in [-0.3, -0.25) is 0 Å². The molecule has 6 aromatic rings. The number of carboxylic acids is 1. The summed E-state index contributed by atoms with van der Waals surface area (Å²) in [4.78, 5) is 52.3. The molecule has 2 saturated heterocycles. The summed E-state index contributed by atoms with van der Waals surface area (Å²) in [5.74, 6) is -2.99. The lowest BCUT2D eigenvalue weighted by Gasteiger charge is -2.44. The quantitative estimate of drug-likeness (QED) is 0.0215. The Balaban J connectivity index is 0.000000258. The maximum absolute atomic E-state index is 13.7. The number of ether oxygens (including phenoxy) is 7. The normalized spacial score (nSPS) is 23.0. The Hall–Kier alpha value is -7.13. The summed E-state index contributed by atoms with van der Waals surface area (Å²) in [6.07, 6.45) is 7.80. The highest BCUT2D eigenvalue weighted by Gasteiger charge is 2.54. The van der Waals surface area contributed by atoms with Crippen molar-refractivity contribution in [2.24, 2.45) is 11.8 Å². The number of aryl methyl sites for hydroxylation is 4. The third-order valence-electron chi connectivity index (χ3n) is 19.2. The monoisotopic (exact) mass is 1380 g/mol. The lowest BCUT2D eigenvalue weighted by Crippen LogP contribution is -2.67. The van der Waals surface area contributed by atoms with Crippen molar-refractivity contribution in [1.82, 2.24) is 0 Å². The fourth-order valence-electron chi connectivity index (χ4n) is 14.5. The number of carbonyl (C=O) groups is 4. The molecule has 10 rings (SSSR count). The number of hydrogen-bond donors (Lipinski definition) is 2. The molecule has 6 aromatic carbocycles. The number of carboxylic acid groups (broad SMARTS) is 1. The van der Waals surface area contributed by atoms with Crippen molar-refractivity contribution >= 4 is 50.6 Å². The Morgan fingerprint density at radius 3 is 1.38 bits per heavy atom. The van der Waals surface area contributed by atoms with Crippen molar-refractivity contribution in [3.8, 4) is 0 Å². The van der Waals surface area contributed by atoms with Gasteiger partial charge in [-0.15, -0.1) is 0 Å². The van der Waals surface area contributed by atoms with Gasteiger partial charge in [0.05, 0.1) is 47.2 Å². The molecule has 4 fully saturated rings. The first-order valence-corrected chi connectivity index (χ1v) is 41.0. The number of aromatic carboxylic acids is 1. The van der Waals surface area contributed by atoms with Crippen LogP contribution in [0.3, 0.4) is 0 Å². The van der Waals surface area contributed by atoms with Gasteiger partial charge in [0.1, 0.15) is 24.4 Å². The van der Waals surface area contributed by atoms with Gasteiger partial charge in [-0.1, -0.05) is 185 Å². The van der Waals surface area contributed by atoms with Crippen LogP contribution in [0.1, 0.15) is 187 Å². The van der Waals surface area contributed by atoms with Crippen molar-refractivity contribution in [1.29, 1.82) is 0 Å². The van der Waals surface area contributed by atoms with E-state index in [-0.39, 0.29) is 53.0 Å². The summed E-state index contributed by atoms with van der Waals surface area (Å²) in [6, 6.07) is 48.3. The second-order valence-electron chi connectivity index (χ2n) is 31.0. The number of hydrogen-bond acceptors (Lipinski definition) is 13. The zero-order valence-electron chi connectivity index (χ0n) is 61.0. The third kappa shape index (κ3) is 19.9. The molecule has 2 heterocycles. The van der Waals surface area contributed by atoms with E-state index in [0.29, 0.717) is 54.5 Å². The molecule has 4 aliphatic rings. The molecule has 0 bridgehead atoms. The highest BCUT2D eigenvalue weighted by atomic mass is 28.4. The van der Waals surface area contributed by atoms with Crippen LogP contribution < -0.4 is 10.4 Å². The Morgan fingerprint density at radius 1 is 0.576 bits per heavy atom. The van der Waals surface area contributed by atoms with Crippen LogP contribution in [0.15, 0.2) is 170 Å². The van der Waals surface area contributed by atoms with Gasteiger partial charge < -0.3 is 47.8 Å². The number of esters is 3. The first-order chi connectivity index (χ1) is 46.7. The van der Waals surface area contributed by atoms with Crippen molar-refractivity contribution in [2.75, 3.05) is 6.61 Å². The molecular weight excluding hydrogens is 1280 g/mol. The van der Waals surface area contributed by atoms with Gasteiger partial charge in [0, 0.05) is 14.2 Å². The Kier molecular flexibility index (Phi) is 24.8. The van der Waals surface area contributed by atoms with Gasteiger partial charge in [0.2, 0.25) is 0 Å². The van der Waals surface area contributed by atoms with Crippen LogP contribution in [0.2, 0.25) is 30.7 Å². The summed E-state index contributed by atoms with van der Waals surface area (Å²) < 4.78 is 51.4. The minimum atomic E-state index is -2.79. The largest absolute Gasteiger partial charge is 0.478 e. The first-order valence-electron chi connectivity index (χ1n) is 35.4. The topological polar surface area (TPSA) is 183 Å². The molecule has 530 valence electrons. The van der Waals surface area contributed by atoms with Crippen LogP contribution in [0.4, 0.5) is 0 Å². The number of aliphatic hydroxyl groups is 1. The SMILES string of the molecule is Cc1cc(C)c(C(=O)O)c(C2CC2C[C@@H]2OC(C)(C)O[C@@H]2C(/C=C\C[C@H](C)O)OC(=O)c2ccccc2)c1.Cc1cc(C)c(C(=O)OCC[Si](C)(C)C)c(C2CC2C[C@@H]2OC(C)(C)O[C@@H]2C(/C=C\C[C@H](C)O[Si](c2ccccc2)(c2ccccc2)C(C)(C)C)OC(=O)c2ccccc2)c1. The van der Waals surface area contributed by atoms with E-state index in [1.165, 1.54) is 10.4 Å². The maximum Gasteiger partial charge on any atom is 0.338 e.